The fourth-order valence-corrected chi connectivity index (χ4v) is 1.78. The van der Waals surface area contributed by atoms with Crippen LogP contribution in [0.1, 0.15) is 25.8 Å². The minimum atomic E-state index is -0.794. The Labute approximate surface area is 105 Å². The topological polar surface area (TPSA) is 37.3 Å². The molecule has 0 aromatic heterocycles. The van der Waals surface area contributed by atoms with E-state index in [1.54, 1.807) is 26.0 Å². The standard InChI is InChI=1S/C12H14Cl2O2/c1-12(2,11(15)16)6-5-8-3-4-9(13)7-10(8)14/h3-4,7H,5-6H2,1-2H3,(H,15,16). The van der Waals surface area contributed by atoms with Crippen LogP contribution in [0.25, 0.3) is 0 Å². The number of hydrogen-bond acceptors (Lipinski definition) is 1. The summed E-state index contributed by atoms with van der Waals surface area (Å²) in [5.74, 6) is -0.794. The van der Waals surface area contributed by atoms with Gasteiger partial charge in [0, 0.05) is 10.0 Å². The van der Waals surface area contributed by atoms with Gasteiger partial charge in [-0.25, -0.2) is 0 Å². The number of aryl methyl sites for hydroxylation is 1. The van der Waals surface area contributed by atoms with Crippen LogP contribution in [0.3, 0.4) is 0 Å². The number of carboxylic acids is 1. The Hall–Kier alpha value is -0.730. The maximum atomic E-state index is 10.9. The third-order valence-corrected chi connectivity index (χ3v) is 3.20. The molecule has 88 valence electrons. The van der Waals surface area contributed by atoms with Crippen LogP contribution in [0.15, 0.2) is 18.2 Å². The minimum Gasteiger partial charge on any atom is -0.481 e. The monoisotopic (exact) mass is 260 g/mol. The van der Waals surface area contributed by atoms with E-state index >= 15 is 0 Å². The van der Waals surface area contributed by atoms with Crippen LogP contribution in [0.5, 0.6) is 0 Å². The van der Waals surface area contributed by atoms with E-state index in [2.05, 4.69) is 0 Å². The lowest BCUT2D eigenvalue weighted by atomic mass is 9.86. The maximum Gasteiger partial charge on any atom is 0.309 e. The summed E-state index contributed by atoms with van der Waals surface area (Å²) in [6, 6.07) is 5.27. The second kappa shape index (κ2) is 5.07. The zero-order valence-corrected chi connectivity index (χ0v) is 10.8. The van der Waals surface area contributed by atoms with Crippen LogP contribution in [0, 0.1) is 5.41 Å². The first-order valence-electron chi connectivity index (χ1n) is 5.00. The van der Waals surface area contributed by atoms with E-state index < -0.39 is 11.4 Å². The fourth-order valence-electron chi connectivity index (χ4n) is 1.28. The Balaban J connectivity index is 2.72. The highest BCUT2D eigenvalue weighted by Crippen LogP contribution is 2.27. The van der Waals surface area contributed by atoms with Gasteiger partial charge in [-0.05, 0) is 44.4 Å². The molecule has 0 heterocycles. The number of benzene rings is 1. The summed E-state index contributed by atoms with van der Waals surface area (Å²) in [7, 11) is 0. The van der Waals surface area contributed by atoms with Gasteiger partial charge in [0.1, 0.15) is 0 Å². The Morgan fingerprint density at radius 2 is 2.00 bits per heavy atom. The summed E-state index contributed by atoms with van der Waals surface area (Å²) >= 11 is 11.8. The molecule has 0 aliphatic rings. The second-order valence-electron chi connectivity index (χ2n) is 4.42. The van der Waals surface area contributed by atoms with Gasteiger partial charge in [-0.1, -0.05) is 29.3 Å². The molecule has 0 radical (unpaired) electrons. The predicted octanol–water partition coefficient (Wildman–Crippen LogP) is 4.04. The van der Waals surface area contributed by atoms with Crippen molar-refractivity contribution in [3.05, 3.63) is 33.8 Å². The van der Waals surface area contributed by atoms with Crippen LogP contribution in [-0.2, 0) is 11.2 Å². The summed E-state index contributed by atoms with van der Waals surface area (Å²) in [4.78, 5) is 10.9. The molecule has 0 unspecified atom stereocenters. The molecule has 1 aromatic carbocycles. The van der Waals surface area contributed by atoms with Crippen LogP contribution >= 0.6 is 23.2 Å². The van der Waals surface area contributed by atoms with E-state index in [0.717, 1.165) is 5.56 Å². The third kappa shape index (κ3) is 3.39. The van der Waals surface area contributed by atoms with Gasteiger partial charge in [0.25, 0.3) is 0 Å². The van der Waals surface area contributed by atoms with Crippen LogP contribution < -0.4 is 0 Å². The number of halogens is 2. The predicted molar refractivity (Wildman–Crippen MR) is 66.2 cm³/mol. The van der Waals surface area contributed by atoms with E-state index in [-0.39, 0.29) is 0 Å². The quantitative estimate of drug-likeness (QED) is 0.888. The van der Waals surface area contributed by atoms with Gasteiger partial charge in [0.2, 0.25) is 0 Å². The third-order valence-electron chi connectivity index (χ3n) is 2.61. The average molecular weight is 261 g/mol. The first-order valence-corrected chi connectivity index (χ1v) is 5.76. The molecule has 0 fully saturated rings. The van der Waals surface area contributed by atoms with Crippen molar-refractivity contribution < 1.29 is 9.90 Å². The highest BCUT2D eigenvalue weighted by Gasteiger charge is 2.26. The summed E-state index contributed by atoms with van der Waals surface area (Å²) in [6.45, 7) is 3.41. The lowest BCUT2D eigenvalue weighted by Gasteiger charge is -2.19. The van der Waals surface area contributed by atoms with E-state index in [1.807, 2.05) is 6.07 Å². The molecular weight excluding hydrogens is 247 g/mol. The Morgan fingerprint density at radius 1 is 1.38 bits per heavy atom. The van der Waals surface area contributed by atoms with Crippen LogP contribution in [0.2, 0.25) is 10.0 Å². The van der Waals surface area contributed by atoms with Gasteiger partial charge in [-0.2, -0.15) is 0 Å². The number of aliphatic carboxylic acids is 1. The molecule has 0 aliphatic heterocycles. The van der Waals surface area contributed by atoms with Gasteiger partial charge in [0.05, 0.1) is 5.41 Å². The van der Waals surface area contributed by atoms with Gasteiger partial charge in [-0.15, -0.1) is 0 Å². The molecule has 4 heteroatoms. The molecule has 0 aliphatic carbocycles. The van der Waals surface area contributed by atoms with Gasteiger partial charge < -0.3 is 5.11 Å². The molecule has 0 spiro atoms. The van der Waals surface area contributed by atoms with Crippen molar-refractivity contribution in [1.29, 1.82) is 0 Å². The van der Waals surface area contributed by atoms with E-state index in [4.69, 9.17) is 28.3 Å². The first kappa shape index (κ1) is 13.3. The number of hydrogen-bond donors (Lipinski definition) is 1. The summed E-state index contributed by atoms with van der Waals surface area (Å²) in [6.07, 6.45) is 1.18. The first-order chi connectivity index (χ1) is 7.33. The molecule has 1 aromatic rings. The van der Waals surface area contributed by atoms with Crippen molar-refractivity contribution >= 4 is 29.2 Å². The van der Waals surface area contributed by atoms with Crippen molar-refractivity contribution in [2.75, 3.05) is 0 Å². The molecule has 0 bridgehead atoms. The van der Waals surface area contributed by atoms with Crippen molar-refractivity contribution in [3.63, 3.8) is 0 Å². The maximum absolute atomic E-state index is 10.9. The van der Waals surface area contributed by atoms with Crippen molar-refractivity contribution in [3.8, 4) is 0 Å². The zero-order chi connectivity index (χ0) is 12.3. The lowest BCUT2D eigenvalue weighted by molar-refractivity contribution is -0.147. The van der Waals surface area contributed by atoms with Crippen molar-refractivity contribution in [1.82, 2.24) is 0 Å². The fraction of sp³-hybridized carbons (Fsp3) is 0.417. The second-order valence-corrected chi connectivity index (χ2v) is 5.27. The molecule has 1 N–H and O–H groups in total. The minimum absolute atomic E-state index is 0.545. The van der Waals surface area contributed by atoms with Crippen LogP contribution in [-0.4, -0.2) is 11.1 Å². The molecule has 0 amide bonds. The number of carbonyl (C=O) groups is 1. The number of rotatable bonds is 4. The smallest absolute Gasteiger partial charge is 0.309 e. The normalized spacial score (nSPS) is 11.5. The Bertz CT molecular complexity index is 400. The summed E-state index contributed by atoms with van der Waals surface area (Å²) in [5.41, 5.74) is 0.198. The molecule has 16 heavy (non-hydrogen) atoms. The van der Waals surface area contributed by atoms with E-state index in [0.29, 0.717) is 22.9 Å². The molecular formula is C12H14Cl2O2. The van der Waals surface area contributed by atoms with Crippen molar-refractivity contribution in [2.45, 2.75) is 26.7 Å². The van der Waals surface area contributed by atoms with Gasteiger partial charge >= 0.3 is 5.97 Å². The van der Waals surface area contributed by atoms with E-state index in [9.17, 15) is 4.79 Å². The average Bonchev–Trinajstić information content (AvgIpc) is 2.16. The highest BCUT2D eigenvalue weighted by atomic mass is 35.5. The summed E-state index contributed by atoms with van der Waals surface area (Å²) < 4.78 is 0. The zero-order valence-electron chi connectivity index (χ0n) is 9.26. The largest absolute Gasteiger partial charge is 0.481 e. The molecule has 1 rings (SSSR count). The Kier molecular flexibility index (Phi) is 4.22. The lowest BCUT2D eigenvalue weighted by Crippen LogP contribution is -2.24. The Morgan fingerprint density at radius 3 is 2.50 bits per heavy atom. The molecule has 0 atom stereocenters. The molecule has 2 nitrogen and oxygen atoms in total. The molecule has 0 saturated carbocycles. The van der Waals surface area contributed by atoms with Crippen LogP contribution in [0.4, 0.5) is 0 Å². The summed E-state index contributed by atoms with van der Waals surface area (Å²) in [5, 5.41) is 10.2. The van der Waals surface area contributed by atoms with Gasteiger partial charge in [-0.3, -0.25) is 4.79 Å². The SMILES string of the molecule is CC(C)(CCc1ccc(Cl)cc1Cl)C(=O)O. The van der Waals surface area contributed by atoms with E-state index in [1.165, 1.54) is 0 Å². The highest BCUT2D eigenvalue weighted by molar-refractivity contribution is 6.35. The number of carboxylic acid groups (broad SMARTS) is 1. The van der Waals surface area contributed by atoms with Gasteiger partial charge in [0.15, 0.2) is 0 Å². The molecule has 0 saturated heterocycles. The van der Waals surface area contributed by atoms with Crippen molar-refractivity contribution in [2.24, 2.45) is 5.41 Å².